The zero-order valence-electron chi connectivity index (χ0n) is 17.1. The molecular formula is C25H26ClN3O. The maximum Gasteiger partial charge on any atom is 0.123 e. The molecule has 0 aliphatic carbocycles. The van der Waals surface area contributed by atoms with Crippen LogP contribution in [0.2, 0.25) is 5.02 Å². The smallest absolute Gasteiger partial charge is 0.123 e. The number of pyridine rings is 1. The molecule has 0 spiro atoms. The Balaban J connectivity index is 1.78. The highest BCUT2D eigenvalue weighted by molar-refractivity contribution is 6.33. The Labute approximate surface area is 182 Å². The van der Waals surface area contributed by atoms with Crippen LogP contribution in [0.5, 0.6) is 0 Å². The van der Waals surface area contributed by atoms with Gasteiger partial charge in [-0.25, -0.2) is 4.98 Å². The minimum Gasteiger partial charge on any atom is -0.385 e. The average Bonchev–Trinajstić information content (AvgIpc) is 3.09. The fourth-order valence-corrected chi connectivity index (χ4v) is 4.07. The van der Waals surface area contributed by atoms with E-state index < -0.39 is 0 Å². The number of nitrogen functional groups attached to an aromatic ring is 1. The van der Waals surface area contributed by atoms with Crippen LogP contribution in [0.3, 0.4) is 0 Å². The van der Waals surface area contributed by atoms with Crippen molar-refractivity contribution in [1.82, 2.24) is 9.55 Å². The maximum absolute atomic E-state index is 6.56. The number of hydrogen-bond donors (Lipinski definition) is 1. The topological polar surface area (TPSA) is 53.1 Å². The van der Waals surface area contributed by atoms with Crippen molar-refractivity contribution in [2.75, 3.05) is 19.5 Å². The highest BCUT2D eigenvalue weighted by Gasteiger charge is 2.14. The Kier molecular flexibility index (Phi) is 6.36. The molecule has 5 heteroatoms. The van der Waals surface area contributed by atoms with Crippen LogP contribution in [0.1, 0.15) is 24.1 Å². The van der Waals surface area contributed by atoms with Gasteiger partial charge in [-0.05, 0) is 55.2 Å². The number of hydrogen-bond acceptors (Lipinski definition) is 3. The molecule has 0 radical (unpaired) electrons. The van der Waals surface area contributed by atoms with Crippen molar-refractivity contribution in [2.45, 2.75) is 25.8 Å². The lowest BCUT2D eigenvalue weighted by atomic mass is 10.1. The minimum absolute atomic E-state index is 0.530. The summed E-state index contributed by atoms with van der Waals surface area (Å²) in [6, 6.07) is 22.6. The third-order valence-corrected chi connectivity index (χ3v) is 5.66. The summed E-state index contributed by atoms with van der Waals surface area (Å²) in [6.07, 6.45) is 3.20. The number of rotatable bonds is 8. The Bertz CT molecular complexity index is 1150. The van der Waals surface area contributed by atoms with Gasteiger partial charge >= 0.3 is 0 Å². The quantitative estimate of drug-likeness (QED) is 0.358. The Morgan fingerprint density at radius 1 is 1.00 bits per heavy atom. The maximum atomic E-state index is 6.56. The van der Waals surface area contributed by atoms with E-state index in [2.05, 4.69) is 39.9 Å². The van der Waals surface area contributed by atoms with Crippen molar-refractivity contribution in [3.05, 3.63) is 83.0 Å². The van der Waals surface area contributed by atoms with Crippen LogP contribution >= 0.6 is 11.6 Å². The van der Waals surface area contributed by atoms with E-state index in [9.17, 15) is 0 Å². The van der Waals surface area contributed by atoms with Crippen molar-refractivity contribution >= 4 is 28.3 Å². The summed E-state index contributed by atoms with van der Waals surface area (Å²) in [6.45, 7) is 1.43. The van der Waals surface area contributed by atoms with Gasteiger partial charge in [-0.1, -0.05) is 48.0 Å². The first-order chi connectivity index (χ1) is 14.7. The van der Waals surface area contributed by atoms with Crippen LogP contribution in [-0.2, 0) is 17.7 Å². The number of fused-ring (bicyclic) bond motifs is 1. The number of halogens is 1. The monoisotopic (exact) mass is 419 g/mol. The first kappa shape index (κ1) is 20.5. The normalized spacial score (nSPS) is 11.3. The third kappa shape index (κ3) is 4.50. The molecule has 0 amide bonds. The van der Waals surface area contributed by atoms with Crippen molar-refractivity contribution < 1.29 is 4.74 Å². The van der Waals surface area contributed by atoms with E-state index in [1.54, 1.807) is 7.11 Å². The van der Waals surface area contributed by atoms with Gasteiger partial charge in [-0.15, -0.1) is 0 Å². The van der Waals surface area contributed by atoms with E-state index in [-0.39, 0.29) is 0 Å². The molecule has 0 saturated heterocycles. The van der Waals surface area contributed by atoms with Crippen LogP contribution in [0.25, 0.3) is 22.2 Å². The van der Waals surface area contributed by atoms with Gasteiger partial charge in [0.15, 0.2) is 0 Å². The van der Waals surface area contributed by atoms with Gasteiger partial charge in [-0.3, -0.25) is 0 Å². The Hall–Kier alpha value is -2.82. The van der Waals surface area contributed by atoms with Crippen molar-refractivity contribution in [1.29, 1.82) is 0 Å². The van der Waals surface area contributed by atoms with Gasteiger partial charge in [0.05, 0.1) is 17.9 Å². The molecule has 0 fully saturated rings. The molecule has 0 saturated carbocycles. The summed E-state index contributed by atoms with van der Waals surface area (Å²) in [5, 5.41) is 1.93. The number of unbranched alkanes of at least 4 members (excludes halogenated alkanes) is 1. The number of ether oxygens (including phenoxy) is 1. The summed E-state index contributed by atoms with van der Waals surface area (Å²) in [7, 11) is 1.75. The predicted octanol–water partition coefficient (Wildman–Crippen LogP) is 5.96. The summed E-state index contributed by atoms with van der Waals surface area (Å²) < 4.78 is 7.46. The van der Waals surface area contributed by atoms with Gasteiger partial charge in [0.2, 0.25) is 0 Å². The first-order valence-electron chi connectivity index (χ1n) is 10.2. The standard InChI is InChI=1S/C25H26ClN3O/c1-30-14-5-4-7-18-12-13-19-16-24(21-9-2-3-10-22(21)26)29(23(19)15-18)17-20-8-6-11-25(27)28-20/h2-3,6,8-13,15-16H,4-5,7,14,17H2,1H3,(H2,27,28). The molecule has 2 aromatic heterocycles. The molecule has 4 aromatic rings. The number of nitrogens with two attached hydrogens (primary N) is 1. The lowest BCUT2D eigenvalue weighted by Gasteiger charge is -2.13. The largest absolute Gasteiger partial charge is 0.385 e. The molecule has 0 bridgehead atoms. The molecule has 154 valence electrons. The summed E-state index contributed by atoms with van der Waals surface area (Å²) in [5.74, 6) is 0.530. The van der Waals surface area contributed by atoms with Gasteiger partial charge in [0.1, 0.15) is 5.82 Å². The van der Waals surface area contributed by atoms with Crippen LogP contribution in [0, 0.1) is 0 Å². The van der Waals surface area contributed by atoms with Gasteiger partial charge < -0.3 is 15.0 Å². The van der Waals surface area contributed by atoms with Crippen LogP contribution in [0.15, 0.2) is 66.7 Å². The molecular weight excluding hydrogens is 394 g/mol. The van der Waals surface area contributed by atoms with E-state index in [1.165, 1.54) is 16.5 Å². The second-order valence-electron chi connectivity index (χ2n) is 7.49. The first-order valence-corrected chi connectivity index (χ1v) is 10.6. The number of aromatic nitrogens is 2. The second kappa shape index (κ2) is 9.33. The summed E-state index contributed by atoms with van der Waals surface area (Å²) >= 11 is 6.56. The molecule has 0 atom stereocenters. The highest BCUT2D eigenvalue weighted by atomic mass is 35.5. The fraction of sp³-hybridized carbons (Fsp3) is 0.240. The van der Waals surface area contributed by atoms with Crippen molar-refractivity contribution in [3.8, 4) is 11.3 Å². The average molecular weight is 420 g/mol. The van der Waals surface area contributed by atoms with Crippen molar-refractivity contribution in [2.24, 2.45) is 0 Å². The van der Waals surface area contributed by atoms with Gasteiger partial charge in [0, 0.05) is 35.2 Å². The van der Waals surface area contributed by atoms with Gasteiger partial charge in [0.25, 0.3) is 0 Å². The van der Waals surface area contributed by atoms with Crippen LogP contribution in [-0.4, -0.2) is 23.3 Å². The summed E-state index contributed by atoms with van der Waals surface area (Å²) in [4.78, 5) is 4.51. The molecule has 0 unspecified atom stereocenters. The van der Waals surface area contributed by atoms with Crippen LogP contribution in [0.4, 0.5) is 5.82 Å². The van der Waals surface area contributed by atoms with E-state index in [0.29, 0.717) is 12.4 Å². The van der Waals surface area contributed by atoms with E-state index in [4.69, 9.17) is 22.1 Å². The zero-order valence-corrected chi connectivity index (χ0v) is 17.9. The van der Waals surface area contributed by atoms with Crippen LogP contribution < -0.4 is 5.73 Å². The molecule has 0 aliphatic rings. The Morgan fingerprint density at radius 2 is 1.87 bits per heavy atom. The molecule has 2 aromatic carbocycles. The SMILES string of the molecule is COCCCCc1ccc2cc(-c3ccccc3Cl)n(Cc3cccc(N)n3)c2c1. The third-order valence-electron chi connectivity index (χ3n) is 5.33. The molecule has 0 aliphatic heterocycles. The number of nitrogens with zero attached hydrogens (tertiary/aromatic N) is 2. The molecule has 2 heterocycles. The van der Waals surface area contributed by atoms with Crippen molar-refractivity contribution in [3.63, 3.8) is 0 Å². The summed E-state index contributed by atoms with van der Waals surface area (Å²) in [5.41, 5.74) is 11.4. The lowest BCUT2D eigenvalue weighted by molar-refractivity contribution is 0.193. The Morgan fingerprint density at radius 3 is 2.67 bits per heavy atom. The number of methoxy groups -OCH3 is 1. The van der Waals surface area contributed by atoms with E-state index >= 15 is 0 Å². The number of benzene rings is 2. The fourth-order valence-electron chi connectivity index (χ4n) is 3.84. The predicted molar refractivity (Wildman–Crippen MR) is 125 cm³/mol. The zero-order chi connectivity index (χ0) is 20.9. The number of aryl methyl sites for hydroxylation is 1. The molecule has 4 rings (SSSR count). The van der Waals surface area contributed by atoms with E-state index in [0.717, 1.165) is 47.8 Å². The highest BCUT2D eigenvalue weighted by Crippen LogP contribution is 2.34. The number of anilines is 1. The lowest BCUT2D eigenvalue weighted by Crippen LogP contribution is -2.05. The van der Waals surface area contributed by atoms with Gasteiger partial charge in [-0.2, -0.15) is 0 Å². The van der Waals surface area contributed by atoms with E-state index in [1.807, 2.05) is 36.4 Å². The minimum atomic E-state index is 0.530. The second-order valence-corrected chi connectivity index (χ2v) is 7.90. The molecule has 2 N–H and O–H groups in total. The molecule has 30 heavy (non-hydrogen) atoms. The molecule has 4 nitrogen and oxygen atoms in total.